The summed E-state index contributed by atoms with van der Waals surface area (Å²) in [6.45, 7) is 15.9. The third kappa shape index (κ3) is 17.1. The molecule has 17 heteroatoms. The van der Waals surface area contributed by atoms with Crippen LogP contribution < -0.4 is 31.9 Å². The van der Waals surface area contributed by atoms with Gasteiger partial charge >= 0.3 is 0 Å². The van der Waals surface area contributed by atoms with Crippen LogP contribution in [0, 0.1) is 0 Å². The fourth-order valence-corrected chi connectivity index (χ4v) is 11.8. The molecule has 5 heterocycles. The minimum atomic E-state index is -0.0777. The van der Waals surface area contributed by atoms with Crippen LogP contribution in [-0.4, -0.2) is 112 Å². The number of rotatable bonds is 14. The van der Waals surface area contributed by atoms with E-state index in [1.54, 1.807) is 0 Å². The Bertz CT molecular complexity index is 2550. The Morgan fingerprint density at radius 2 is 1.21 bits per heavy atom. The number of amidine groups is 1. The van der Waals surface area contributed by atoms with E-state index >= 15 is 0 Å². The summed E-state index contributed by atoms with van der Waals surface area (Å²) in [5, 5.41) is 8.39. The number of piperidine rings is 2. The summed E-state index contributed by atoms with van der Waals surface area (Å²) in [5.74, 6) is 1.23. The van der Waals surface area contributed by atoms with Gasteiger partial charge in [-0.05, 0) is 180 Å². The maximum absolute atomic E-state index is 13.0. The standard InChI is InChI=1S/C27H33N5OS.C19H29N5S2.C10H11BrO.H3P/c1-2-19-6-5-7-20(18-19)24(33)25-26(28)30-27(34-25)29-21-8-10-22(11-9-21)32-16-12-23(13-17-32)31-14-3-4-15-31;1-2-26-18(20)22-19(25)21-15-5-7-16(8-6-15)24-13-9-17(10-14-24)23-11-3-4-12-23;1-2-8-4-3-5-9(6-8)10(12)7-11;/h5-11,18,23H,2-4,12-17,28H2,1H3,(H,29,30);5-8,17H,2-4,9-14H2,1H3,(H3,20,21,22,25);3-6H,2,7H2,1H3;1H3. The molecule has 1 atom stereocenters. The fraction of sp³-hybridized carbons (Fsp3) is 0.446. The van der Waals surface area contributed by atoms with Crippen molar-refractivity contribution in [1.29, 1.82) is 0 Å². The Hall–Kier alpha value is -4.41. The van der Waals surface area contributed by atoms with Gasteiger partial charge in [-0.1, -0.05) is 96.2 Å². The number of thioether (sulfide) groups is 1. The molecular formula is C56H76BrN10O2PS3. The van der Waals surface area contributed by atoms with Gasteiger partial charge in [0.05, 0.1) is 5.33 Å². The van der Waals surface area contributed by atoms with E-state index in [2.05, 4.69) is 119 Å². The predicted molar refractivity (Wildman–Crippen MR) is 325 cm³/mol. The van der Waals surface area contributed by atoms with Crippen molar-refractivity contribution in [2.75, 3.05) is 89.6 Å². The zero-order valence-electron chi connectivity index (χ0n) is 43.0. The number of nitrogen functional groups attached to an aromatic ring is 1. The van der Waals surface area contributed by atoms with Gasteiger partial charge in [-0.25, -0.2) is 4.98 Å². The van der Waals surface area contributed by atoms with Crippen molar-refractivity contribution < 1.29 is 9.59 Å². The molecule has 1 unspecified atom stereocenters. The van der Waals surface area contributed by atoms with E-state index < -0.39 is 0 Å². The number of nitrogens with zero attached hydrogens (tertiary/aromatic N) is 6. The number of thiocarbonyl (C=S) groups is 1. The van der Waals surface area contributed by atoms with Gasteiger partial charge in [0.15, 0.2) is 21.2 Å². The highest BCUT2D eigenvalue weighted by Gasteiger charge is 2.28. The summed E-state index contributed by atoms with van der Waals surface area (Å²) >= 11 is 11.2. The maximum atomic E-state index is 13.0. The number of aryl methyl sites for hydroxylation is 2. The Labute approximate surface area is 459 Å². The monoisotopic (exact) mass is 1130 g/mol. The van der Waals surface area contributed by atoms with E-state index in [9.17, 15) is 9.59 Å². The van der Waals surface area contributed by atoms with E-state index in [1.165, 1.54) is 118 Å². The van der Waals surface area contributed by atoms with Crippen LogP contribution in [0.15, 0.2) is 102 Å². The summed E-state index contributed by atoms with van der Waals surface area (Å²) in [5.41, 5.74) is 20.1. The van der Waals surface area contributed by atoms with Crippen LogP contribution in [0.2, 0.25) is 0 Å². The molecule has 4 fully saturated rings. The molecule has 4 saturated heterocycles. The van der Waals surface area contributed by atoms with Gasteiger partial charge in [0.2, 0.25) is 5.78 Å². The van der Waals surface area contributed by atoms with Crippen LogP contribution in [0.3, 0.4) is 0 Å². The molecule has 12 nitrogen and oxygen atoms in total. The summed E-state index contributed by atoms with van der Waals surface area (Å²) in [4.78, 5) is 43.6. The quantitative estimate of drug-likeness (QED) is 0.0209. The molecule has 0 spiro atoms. The van der Waals surface area contributed by atoms with Gasteiger partial charge < -0.3 is 41.7 Å². The number of alkyl halides is 1. The molecule has 1 aromatic heterocycles. The van der Waals surface area contributed by atoms with Crippen molar-refractivity contribution >= 4 is 117 Å². The minimum absolute atomic E-state index is 0. The number of hydrogen-bond acceptors (Lipinski definition) is 12. The highest BCUT2D eigenvalue weighted by atomic mass is 79.9. The van der Waals surface area contributed by atoms with Crippen molar-refractivity contribution in [3.63, 3.8) is 0 Å². The van der Waals surface area contributed by atoms with Crippen LogP contribution in [-0.2, 0) is 12.8 Å². The fourth-order valence-electron chi connectivity index (χ4n) is 9.91. The van der Waals surface area contributed by atoms with Crippen LogP contribution >= 0.6 is 61.1 Å². The van der Waals surface area contributed by atoms with Crippen molar-refractivity contribution in [3.8, 4) is 0 Å². The van der Waals surface area contributed by atoms with E-state index in [-0.39, 0.29) is 27.3 Å². The Kier molecular flexibility index (Phi) is 23.5. The van der Waals surface area contributed by atoms with Crippen LogP contribution in [0.25, 0.3) is 0 Å². The molecule has 5 aromatic rings. The van der Waals surface area contributed by atoms with Gasteiger partial charge in [0, 0.05) is 72.1 Å². The molecule has 0 radical (unpaired) electrons. The topological polar surface area (TPSA) is 148 Å². The number of hydrogen-bond donors (Lipinski definition) is 4. The van der Waals surface area contributed by atoms with Crippen LogP contribution in [0.4, 0.5) is 33.7 Å². The maximum Gasteiger partial charge on any atom is 0.206 e. The first-order valence-corrected chi connectivity index (χ1v) is 29.2. The van der Waals surface area contributed by atoms with Gasteiger partial charge in [0.1, 0.15) is 10.7 Å². The highest BCUT2D eigenvalue weighted by Crippen LogP contribution is 2.32. The SMILES string of the molecule is CCSC(N)=NC(=S)Nc1ccc(N2CCC(N3CCCC3)CC2)cc1.CCc1cccc(C(=O)CBr)c1.CCc1cccc(C(=O)c2sc(Nc3ccc(N4CCC(N5CCCC5)CC4)cc3)nc2N)c1.P. The number of anilines is 6. The Morgan fingerprint density at radius 3 is 1.68 bits per heavy atom. The highest BCUT2D eigenvalue weighted by molar-refractivity contribution is 9.09. The second kappa shape index (κ2) is 29.6. The lowest BCUT2D eigenvalue weighted by Gasteiger charge is -2.37. The Balaban J connectivity index is 0.000000197. The average molecular weight is 1130 g/mol. The lowest BCUT2D eigenvalue weighted by molar-refractivity contribution is 0.102. The molecule has 0 amide bonds. The van der Waals surface area contributed by atoms with Gasteiger partial charge in [-0.15, -0.1) is 0 Å². The Morgan fingerprint density at radius 1 is 0.726 bits per heavy atom. The molecule has 0 aliphatic carbocycles. The van der Waals surface area contributed by atoms with Crippen molar-refractivity contribution in [1.82, 2.24) is 14.8 Å². The zero-order valence-corrected chi connectivity index (χ0v) is 48.4. The normalized spacial score (nSPS) is 16.7. The molecule has 4 aliphatic heterocycles. The van der Waals surface area contributed by atoms with Crippen LogP contribution in [0.5, 0.6) is 0 Å². The number of carbonyl (C=O) groups excluding carboxylic acids is 2. The number of halogens is 1. The molecule has 73 heavy (non-hydrogen) atoms. The van der Waals surface area contributed by atoms with Gasteiger partial charge in [0.25, 0.3) is 0 Å². The lowest BCUT2D eigenvalue weighted by Crippen LogP contribution is -2.43. The number of aromatic nitrogens is 1. The van der Waals surface area contributed by atoms with E-state index in [4.69, 9.17) is 23.7 Å². The van der Waals surface area contributed by atoms with Crippen LogP contribution in [0.1, 0.15) is 109 Å². The smallest absolute Gasteiger partial charge is 0.206 e. The number of ketones is 2. The van der Waals surface area contributed by atoms with Gasteiger partial charge in [-0.3, -0.25) is 9.59 Å². The number of aliphatic imine (C=N–C) groups is 1. The van der Waals surface area contributed by atoms with Crippen molar-refractivity contribution in [3.05, 3.63) is 124 Å². The summed E-state index contributed by atoms with van der Waals surface area (Å²) in [6, 6.07) is 33.9. The largest absolute Gasteiger partial charge is 0.382 e. The van der Waals surface area contributed by atoms with Crippen molar-refractivity contribution in [2.45, 2.75) is 97.1 Å². The van der Waals surface area contributed by atoms with Gasteiger partial charge in [-0.2, -0.15) is 14.9 Å². The molecule has 392 valence electrons. The molecule has 0 saturated carbocycles. The average Bonchev–Trinajstić information content (AvgIpc) is 4.24. The number of likely N-dealkylation sites (tertiary alicyclic amines) is 2. The van der Waals surface area contributed by atoms with Crippen molar-refractivity contribution in [2.24, 2.45) is 10.7 Å². The number of benzene rings is 4. The molecule has 0 bridgehead atoms. The predicted octanol–water partition coefficient (Wildman–Crippen LogP) is 11.7. The lowest BCUT2D eigenvalue weighted by atomic mass is 10.0. The second-order valence-electron chi connectivity index (χ2n) is 18.7. The third-order valence-corrected chi connectivity index (χ3v) is 16.3. The first-order chi connectivity index (χ1) is 35.0. The molecule has 6 N–H and O–H groups in total. The summed E-state index contributed by atoms with van der Waals surface area (Å²) in [6.07, 6.45) is 12.4. The number of nitrogens with one attached hydrogen (secondary N) is 2. The summed E-state index contributed by atoms with van der Waals surface area (Å²) < 4.78 is 0. The third-order valence-electron chi connectivity index (χ3n) is 14.0. The van der Waals surface area contributed by atoms with E-state index in [0.29, 0.717) is 31.2 Å². The first-order valence-electron chi connectivity index (χ1n) is 25.8. The number of thiazole rings is 1. The zero-order chi connectivity index (χ0) is 50.8. The van der Waals surface area contributed by atoms with E-state index in [0.717, 1.165) is 79.4 Å². The molecular weight excluding hydrogens is 1050 g/mol. The number of carbonyl (C=O) groups is 2. The molecule has 4 aromatic carbocycles. The summed E-state index contributed by atoms with van der Waals surface area (Å²) in [7, 11) is 0. The molecule has 4 aliphatic rings. The number of Topliss-reactive ketones (excluding diaryl/α,β-unsaturated/α-hetero) is 1. The first kappa shape index (κ1) is 57.9. The number of nitrogens with two attached hydrogens (primary N) is 2. The van der Waals surface area contributed by atoms with E-state index in [1.807, 2.05) is 55.5 Å². The second-order valence-corrected chi connectivity index (χ2v) is 21.9. The minimum Gasteiger partial charge on any atom is -0.382 e. The molecule has 9 rings (SSSR count).